The van der Waals surface area contributed by atoms with Crippen LogP contribution in [0.4, 0.5) is 17.6 Å². The van der Waals surface area contributed by atoms with Crippen LogP contribution in [0.1, 0.15) is 15.9 Å². The summed E-state index contributed by atoms with van der Waals surface area (Å²) in [4.78, 5) is 11.9. The van der Waals surface area contributed by atoms with Crippen molar-refractivity contribution in [3.63, 3.8) is 0 Å². The van der Waals surface area contributed by atoms with Gasteiger partial charge in [0.15, 0.2) is 6.61 Å². The fourth-order valence-electron chi connectivity index (χ4n) is 1.82. The Bertz CT molecular complexity index is 717. The van der Waals surface area contributed by atoms with Crippen molar-refractivity contribution in [2.45, 2.75) is 12.7 Å². The highest BCUT2D eigenvalue weighted by atomic mass is 35.5. The summed E-state index contributed by atoms with van der Waals surface area (Å²) in [5.74, 6) is -1.30. The number of halogens is 5. The number of nitrogens with one attached hydrogen (secondary N) is 1. The number of amides is 1. The lowest BCUT2D eigenvalue weighted by Gasteiger charge is -2.10. The third kappa shape index (κ3) is 5.42. The number of carbonyl (C=O) groups excluding carboxylic acids is 1. The van der Waals surface area contributed by atoms with Crippen LogP contribution >= 0.6 is 11.6 Å². The second kappa shape index (κ2) is 7.53. The molecule has 24 heavy (non-hydrogen) atoms. The summed E-state index contributed by atoms with van der Waals surface area (Å²) in [6.45, 7) is -1.29. The van der Waals surface area contributed by atoms with E-state index in [2.05, 4.69) is 10.1 Å². The minimum atomic E-state index is -4.41. The van der Waals surface area contributed by atoms with Gasteiger partial charge in [0.2, 0.25) is 0 Å². The van der Waals surface area contributed by atoms with Gasteiger partial charge in [0.05, 0.1) is 5.56 Å². The summed E-state index contributed by atoms with van der Waals surface area (Å²) in [7, 11) is 0. The fourth-order valence-corrected chi connectivity index (χ4v) is 1.98. The predicted molar refractivity (Wildman–Crippen MR) is 80.6 cm³/mol. The molecule has 128 valence electrons. The molecular formula is C16H12ClF4NO2. The highest BCUT2D eigenvalue weighted by Gasteiger charge is 2.28. The summed E-state index contributed by atoms with van der Waals surface area (Å²) in [5.41, 5.74) is 0.474. The third-order valence-electron chi connectivity index (χ3n) is 2.95. The van der Waals surface area contributed by atoms with Crippen LogP contribution in [0.2, 0.25) is 5.02 Å². The molecule has 2 aromatic rings. The Morgan fingerprint density at radius 1 is 1.12 bits per heavy atom. The minimum Gasteiger partial charge on any atom is -0.484 e. The molecule has 0 heterocycles. The Kier molecular flexibility index (Phi) is 5.66. The maximum absolute atomic E-state index is 13.6. The monoisotopic (exact) mass is 361 g/mol. The van der Waals surface area contributed by atoms with E-state index in [-0.39, 0.29) is 22.9 Å². The van der Waals surface area contributed by atoms with E-state index in [1.54, 1.807) is 0 Å². The van der Waals surface area contributed by atoms with Crippen LogP contribution in [0.15, 0.2) is 42.5 Å². The molecule has 2 rings (SSSR count). The number of hydrogen-bond acceptors (Lipinski definition) is 2. The van der Waals surface area contributed by atoms with Crippen molar-refractivity contribution in [3.8, 4) is 5.75 Å². The number of ether oxygens (including phenoxy) is 1. The zero-order chi connectivity index (χ0) is 17.7. The van der Waals surface area contributed by atoms with Crippen molar-refractivity contribution in [1.29, 1.82) is 0 Å². The molecule has 0 spiro atoms. The maximum Gasteiger partial charge on any atom is 0.422 e. The Balaban J connectivity index is 1.91. The Labute approximate surface area is 140 Å². The van der Waals surface area contributed by atoms with E-state index in [0.717, 1.165) is 6.07 Å². The third-order valence-corrected chi connectivity index (χ3v) is 3.19. The number of hydrogen-bond donors (Lipinski definition) is 1. The standard InChI is InChI=1S/C16H12ClF4NO2/c17-11-3-6-13(14(18)7-11)15(23)22-8-10-1-4-12(5-2-10)24-9-16(19,20)21/h1-7H,8-9H2,(H,22,23). The van der Waals surface area contributed by atoms with Crippen LogP contribution in [0.5, 0.6) is 5.75 Å². The maximum atomic E-state index is 13.6. The minimum absolute atomic E-state index is 0.0612. The highest BCUT2D eigenvalue weighted by molar-refractivity contribution is 6.30. The Morgan fingerprint density at radius 3 is 2.38 bits per heavy atom. The molecule has 0 fully saturated rings. The largest absolute Gasteiger partial charge is 0.484 e. The number of rotatable bonds is 5. The summed E-state index contributed by atoms with van der Waals surface area (Å²) in [6.07, 6.45) is -4.41. The van der Waals surface area contributed by atoms with Crippen molar-refractivity contribution in [1.82, 2.24) is 5.32 Å². The zero-order valence-electron chi connectivity index (χ0n) is 12.2. The molecule has 3 nitrogen and oxygen atoms in total. The van der Waals surface area contributed by atoms with Crippen LogP contribution < -0.4 is 10.1 Å². The van der Waals surface area contributed by atoms with E-state index < -0.39 is 24.5 Å². The normalized spacial score (nSPS) is 11.2. The van der Waals surface area contributed by atoms with Gasteiger partial charge in [-0.1, -0.05) is 23.7 Å². The first-order chi connectivity index (χ1) is 11.2. The number of benzene rings is 2. The average Bonchev–Trinajstić information content (AvgIpc) is 2.51. The lowest BCUT2D eigenvalue weighted by molar-refractivity contribution is -0.153. The second-order valence-electron chi connectivity index (χ2n) is 4.85. The quantitative estimate of drug-likeness (QED) is 0.804. The van der Waals surface area contributed by atoms with Crippen LogP contribution in [0.25, 0.3) is 0 Å². The molecule has 0 radical (unpaired) electrons. The van der Waals surface area contributed by atoms with Crippen molar-refractivity contribution >= 4 is 17.5 Å². The van der Waals surface area contributed by atoms with E-state index in [1.807, 2.05) is 0 Å². The molecule has 0 aliphatic heterocycles. The smallest absolute Gasteiger partial charge is 0.422 e. The fraction of sp³-hybridized carbons (Fsp3) is 0.188. The van der Waals surface area contributed by atoms with Gasteiger partial charge in [0, 0.05) is 11.6 Å². The van der Waals surface area contributed by atoms with Crippen LogP contribution in [-0.2, 0) is 6.54 Å². The second-order valence-corrected chi connectivity index (χ2v) is 5.29. The molecule has 0 atom stereocenters. The van der Waals surface area contributed by atoms with Gasteiger partial charge in [-0.3, -0.25) is 4.79 Å². The van der Waals surface area contributed by atoms with Crippen molar-refractivity contribution in [2.75, 3.05) is 6.61 Å². The van der Waals surface area contributed by atoms with Crippen LogP contribution in [0.3, 0.4) is 0 Å². The van der Waals surface area contributed by atoms with Gasteiger partial charge in [0.25, 0.3) is 5.91 Å². The first kappa shape index (κ1) is 18.1. The average molecular weight is 362 g/mol. The molecule has 0 unspecified atom stereocenters. The number of carbonyl (C=O) groups is 1. The van der Waals surface area contributed by atoms with E-state index in [1.165, 1.54) is 36.4 Å². The molecule has 0 saturated heterocycles. The lowest BCUT2D eigenvalue weighted by Crippen LogP contribution is -2.23. The van der Waals surface area contributed by atoms with Gasteiger partial charge >= 0.3 is 6.18 Å². The molecular weight excluding hydrogens is 350 g/mol. The highest BCUT2D eigenvalue weighted by Crippen LogP contribution is 2.19. The zero-order valence-corrected chi connectivity index (χ0v) is 12.9. The molecule has 8 heteroatoms. The lowest BCUT2D eigenvalue weighted by atomic mass is 10.2. The van der Waals surface area contributed by atoms with E-state index >= 15 is 0 Å². The Hall–Kier alpha value is -2.28. The van der Waals surface area contributed by atoms with Gasteiger partial charge < -0.3 is 10.1 Å². The van der Waals surface area contributed by atoms with Crippen molar-refractivity contribution < 1.29 is 27.1 Å². The van der Waals surface area contributed by atoms with E-state index in [9.17, 15) is 22.4 Å². The van der Waals surface area contributed by atoms with E-state index in [0.29, 0.717) is 5.56 Å². The Morgan fingerprint density at radius 2 is 1.79 bits per heavy atom. The van der Waals surface area contributed by atoms with Crippen LogP contribution in [-0.4, -0.2) is 18.7 Å². The number of alkyl halides is 3. The predicted octanol–water partition coefficient (Wildman–Crippen LogP) is 4.35. The SMILES string of the molecule is O=C(NCc1ccc(OCC(F)(F)F)cc1)c1ccc(Cl)cc1F. The first-order valence-corrected chi connectivity index (χ1v) is 7.14. The van der Waals surface area contributed by atoms with Crippen LogP contribution in [0, 0.1) is 5.82 Å². The summed E-state index contributed by atoms with van der Waals surface area (Å²) < 4.78 is 54.3. The van der Waals surface area contributed by atoms with Crippen molar-refractivity contribution in [2.24, 2.45) is 0 Å². The topological polar surface area (TPSA) is 38.3 Å². The summed E-state index contributed by atoms with van der Waals surface area (Å²) in [5, 5.41) is 2.69. The van der Waals surface area contributed by atoms with Gasteiger partial charge in [0.1, 0.15) is 11.6 Å². The molecule has 0 aliphatic carbocycles. The summed E-state index contributed by atoms with van der Waals surface area (Å²) >= 11 is 5.61. The van der Waals surface area contributed by atoms with Gasteiger partial charge in [-0.25, -0.2) is 4.39 Å². The molecule has 1 N–H and O–H groups in total. The molecule has 0 bridgehead atoms. The molecule has 0 aliphatic rings. The van der Waals surface area contributed by atoms with E-state index in [4.69, 9.17) is 11.6 Å². The molecule has 1 amide bonds. The van der Waals surface area contributed by atoms with Crippen molar-refractivity contribution in [3.05, 3.63) is 64.4 Å². The molecule has 0 aromatic heterocycles. The van der Waals surface area contributed by atoms with Gasteiger partial charge in [-0.05, 0) is 35.9 Å². The first-order valence-electron chi connectivity index (χ1n) is 6.76. The van der Waals surface area contributed by atoms with Gasteiger partial charge in [-0.15, -0.1) is 0 Å². The molecule has 2 aromatic carbocycles. The molecule has 0 saturated carbocycles. The van der Waals surface area contributed by atoms with Gasteiger partial charge in [-0.2, -0.15) is 13.2 Å². The summed E-state index contributed by atoms with van der Waals surface area (Å²) in [6, 6.07) is 9.41.